The Hall–Kier alpha value is -3.13. The van der Waals surface area contributed by atoms with Gasteiger partial charge in [-0.05, 0) is 55.5 Å². The molecule has 0 heterocycles. The van der Waals surface area contributed by atoms with E-state index in [1.165, 1.54) is 0 Å². The van der Waals surface area contributed by atoms with Gasteiger partial charge in [0.25, 0.3) is 11.8 Å². The molecule has 0 aliphatic heterocycles. The van der Waals surface area contributed by atoms with Gasteiger partial charge in [0, 0.05) is 5.56 Å². The lowest BCUT2D eigenvalue weighted by atomic mass is 10.2. The van der Waals surface area contributed by atoms with Gasteiger partial charge in [0.1, 0.15) is 11.5 Å². The Balaban J connectivity index is 1.72. The molecule has 7 nitrogen and oxygen atoms in total. The molecule has 0 aliphatic rings. The van der Waals surface area contributed by atoms with Gasteiger partial charge in [0.15, 0.2) is 11.7 Å². The van der Waals surface area contributed by atoms with Gasteiger partial charge in [-0.25, -0.2) is 0 Å². The molecule has 0 spiro atoms. The maximum Gasteiger partial charge on any atom is 0.276 e. The van der Waals surface area contributed by atoms with Crippen molar-refractivity contribution in [3.05, 3.63) is 60.2 Å². The summed E-state index contributed by atoms with van der Waals surface area (Å²) in [6.45, 7) is 2.24. The van der Waals surface area contributed by atoms with Crippen LogP contribution < -0.4 is 25.6 Å². The number of nitrogens with one attached hydrogen (secondary N) is 3. The predicted octanol–water partition coefficient (Wildman–Crippen LogP) is 1.80. The maximum absolute atomic E-state index is 12.1. The van der Waals surface area contributed by atoms with E-state index in [-0.39, 0.29) is 11.7 Å². The molecule has 2 aromatic carbocycles. The number of para-hydroxylation sites is 1. The van der Waals surface area contributed by atoms with Crippen LogP contribution in [0.15, 0.2) is 54.6 Å². The number of amides is 2. The van der Waals surface area contributed by atoms with E-state index >= 15 is 0 Å². The van der Waals surface area contributed by atoms with Crippen molar-refractivity contribution in [1.82, 2.24) is 16.2 Å². The van der Waals surface area contributed by atoms with Crippen LogP contribution >= 0.6 is 12.2 Å². The van der Waals surface area contributed by atoms with E-state index in [4.69, 9.17) is 21.7 Å². The van der Waals surface area contributed by atoms with Crippen molar-refractivity contribution in [3.63, 3.8) is 0 Å². The van der Waals surface area contributed by atoms with Crippen molar-refractivity contribution in [2.75, 3.05) is 13.2 Å². The van der Waals surface area contributed by atoms with Gasteiger partial charge in [-0.1, -0.05) is 18.2 Å². The lowest BCUT2D eigenvalue weighted by Gasteiger charge is -2.11. The van der Waals surface area contributed by atoms with Gasteiger partial charge in [-0.15, -0.1) is 0 Å². The molecule has 2 amide bonds. The number of rotatable bonds is 6. The molecule has 0 unspecified atom stereocenters. The van der Waals surface area contributed by atoms with Gasteiger partial charge < -0.3 is 9.47 Å². The number of hydrogen-bond acceptors (Lipinski definition) is 5. The highest BCUT2D eigenvalue weighted by molar-refractivity contribution is 7.80. The zero-order valence-corrected chi connectivity index (χ0v) is 15.0. The first-order valence-electron chi connectivity index (χ1n) is 7.89. The number of carbonyl (C=O) groups excluding carboxylic acids is 2. The van der Waals surface area contributed by atoms with E-state index < -0.39 is 11.8 Å². The third kappa shape index (κ3) is 6.40. The van der Waals surface area contributed by atoms with Crippen molar-refractivity contribution >= 4 is 29.1 Å². The van der Waals surface area contributed by atoms with Crippen LogP contribution in [-0.4, -0.2) is 30.1 Å². The van der Waals surface area contributed by atoms with Crippen molar-refractivity contribution in [1.29, 1.82) is 0 Å². The summed E-state index contributed by atoms with van der Waals surface area (Å²) in [6.07, 6.45) is 0. The zero-order chi connectivity index (χ0) is 18.8. The minimum absolute atomic E-state index is 0.0306. The molecule has 0 radical (unpaired) electrons. The third-order valence-electron chi connectivity index (χ3n) is 3.08. The number of ether oxygens (including phenoxy) is 2. The van der Waals surface area contributed by atoms with Crippen LogP contribution in [0.5, 0.6) is 11.5 Å². The first-order valence-corrected chi connectivity index (χ1v) is 8.30. The second kappa shape index (κ2) is 10.00. The highest BCUT2D eigenvalue weighted by atomic mass is 32.1. The topological polar surface area (TPSA) is 88.7 Å². The van der Waals surface area contributed by atoms with E-state index in [9.17, 15) is 9.59 Å². The maximum atomic E-state index is 12.1. The van der Waals surface area contributed by atoms with Crippen LogP contribution in [0.4, 0.5) is 0 Å². The Morgan fingerprint density at radius 1 is 0.923 bits per heavy atom. The molecule has 0 aliphatic carbocycles. The van der Waals surface area contributed by atoms with Crippen molar-refractivity contribution in [2.45, 2.75) is 6.92 Å². The van der Waals surface area contributed by atoms with Crippen molar-refractivity contribution in [3.8, 4) is 11.5 Å². The minimum atomic E-state index is -0.438. The lowest BCUT2D eigenvalue weighted by molar-refractivity contribution is -0.123. The Labute approximate surface area is 156 Å². The normalized spacial score (nSPS) is 9.73. The summed E-state index contributed by atoms with van der Waals surface area (Å²) in [5.41, 5.74) is 5.21. The largest absolute Gasteiger partial charge is 0.494 e. The summed E-state index contributed by atoms with van der Waals surface area (Å²) in [7, 11) is 0. The Morgan fingerprint density at radius 3 is 2.23 bits per heavy atom. The molecular weight excluding hydrogens is 354 g/mol. The fraction of sp³-hybridized carbons (Fsp3) is 0.167. The molecule has 0 atom stereocenters. The molecule has 0 bridgehead atoms. The molecule has 26 heavy (non-hydrogen) atoms. The van der Waals surface area contributed by atoms with Crippen molar-refractivity contribution < 1.29 is 19.1 Å². The minimum Gasteiger partial charge on any atom is -0.494 e. The highest BCUT2D eigenvalue weighted by Gasteiger charge is 2.09. The van der Waals surface area contributed by atoms with Crippen LogP contribution in [-0.2, 0) is 4.79 Å². The standard InChI is InChI=1S/C18H19N3O4S/c1-2-24-15-10-8-13(9-11-15)17(23)19-18(26)21-20-16(22)12-25-14-6-4-3-5-7-14/h3-11H,2,12H2,1H3,(H,20,22)(H2,19,21,23,26). The Kier molecular flexibility index (Phi) is 7.38. The zero-order valence-electron chi connectivity index (χ0n) is 14.2. The molecule has 0 aromatic heterocycles. The van der Waals surface area contributed by atoms with Crippen molar-refractivity contribution in [2.24, 2.45) is 0 Å². The van der Waals surface area contributed by atoms with Gasteiger partial charge in [-0.2, -0.15) is 0 Å². The first-order chi connectivity index (χ1) is 12.6. The van der Waals surface area contributed by atoms with Crippen LogP contribution in [0.1, 0.15) is 17.3 Å². The van der Waals surface area contributed by atoms with Crippen LogP contribution in [0.25, 0.3) is 0 Å². The summed E-state index contributed by atoms with van der Waals surface area (Å²) < 4.78 is 10.6. The van der Waals surface area contributed by atoms with Crippen LogP contribution in [0, 0.1) is 0 Å². The summed E-state index contributed by atoms with van der Waals surface area (Å²) in [5.74, 6) is 0.413. The Bertz CT molecular complexity index is 751. The number of carbonyl (C=O) groups is 2. The molecule has 136 valence electrons. The lowest BCUT2D eigenvalue weighted by Crippen LogP contribution is -2.49. The Morgan fingerprint density at radius 2 is 1.58 bits per heavy atom. The fourth-order valence-corrected chi connectivity index (χ4v) is 2.05. The fourth-order valence-electron chi connectivity index (χ4n) is 1.90. The molecule has 0 saturated heterocycles. The molecule has 0 saturated carbocycles. The number of hydrogen-bond donors (Lipinski definition) is 3. The average Bonchev–Trinajstić information content (AvgIpc) is 2.66. The molecule has 2 aromatic rings. The summed E-state index contributed by atoms with van der Waals surface area (Å²) in [6, 6.07) is 15.6. The van der Waals surface area contributed by atoms with Gasteiger partial charge in [-0.3, -0.25) is 25.8 Å². The van der Waals surface area contributed by atoms with Crippen LogP contribution in [0.3, 0.4) is 0 Å². The van der Waals surface area contributed by atoms with E-state index in [0.717, 1.165) is 0 Å². The molecule has 0 fully saturated rings. The molecule has 3 N–H and O–H groups in total. The number of hydrazine groups is 1. The average molecular weight is 373 g/mol. The number of thiocarbonyl (C=S) groups is 1. The predicted molar refractivity (Wildman–Crippen MR) is 101 cm³/mol. The first kappa shape index (κ1) is 19.2. The molecule has 8 heteroatoms. The second-order valence-corrected chi connectivity index (χ2v) is 5.42. The molecule has 2 rings (SSSR count). The molecular formula is C18H19N3O4S. The second-order valence-electron chi connectivity index (χ2n) is 5.02. The van der Waals surface area contributed by atoms with Gasteiger partial charge in [0.2, 0.25) is 0 Å². The smallest absolute Gasteiger partial charge is 0.276 e. The summed E-state index contributed by atoms with van der Waals surface area (Å²) in [4.78, 5) is 23.8. The van der Waals surface area contributed by atoms with Gasteiger partial charge in [0.05, 0.1) is 6.61 Å². The van der Waals surface area contributed by atoms with E-state index in [0.29, 0.717) is 23.7 Å². The third-order valence-corrected chi connectivity index (χ3v) is 3.29. The summed E-state index contributed by atoms with van der Waals surface area (Å²) in [5, 5.41) is 2.43. The van der Waals surface area contributed by atoms with E-state index in [1.54, 1.807) is 48.5 Å². The van der Waals surface area contributed by atoms with E-state index in [2.05, 4.69) is 16.2 Å². The quantitative estimate of drug-likeness (QED) is 0.529. The highest BCUT2D eigenvalue weighted by Crippen LogP contribution is 2.11. The number of benzene rings is 2. The SMILES string of the molecule is CCOc1ccc(C(=O)NC(=S)NNC(=O)COc2ccccc2)cc1. The monoisotopic (exact) mass is 373 g/mol. The van der Waals surface area contributed by atoms with Crippen LogP contribution in [0.2, 0.25) is 0 Å². The van der Waals surface area contributed by atoms with E-state index in [1.807, 2.05) is 13.0 Å². The summed E-state index contributed by atoms with van der Waals surface area (Å²) >= 11 is 4.97. The van der Waals surface area contributed by atoms with Gasteiger partial charge >= 0.3 is 0 Å².